The highest BCUT2D eigenvalue weighted by Crippen LogP contribution is 2.20. The molecular weight excluding hydrogens is 248 g/mol. The number of carbonyl (C=O) groups is 1. The maximum Gasteiger partial charge on any atom is 0.357 e. The maximum atomic E-state index is 10.8. The number of hydrogen-bond donors (Lipinski definition) is 1. The predicted molar refractivity (Wildman–Crippen MR) is 54.6 cm³/mol. The van der Waals surface area contributed by atoms with E-state index < -0.39 is 5.97 Å². The number of hydrogen-bond acceptors (Lipinski definition) is 2. The summed E-state index contributed by atoms with van der Waals surface area (Å²) in [5.41, 5.74) is 1.65. The van der Waals surface area contributed by atoms with Crippen molar-refractivity contribution in [1.82, 2.24) is 9.38 Å². The Morgan fingerprint density at radius 2 is 2.36 bits per heavy atom. The molecule has 4 nitrogen and oxygen atoms in total. The summed E-state index contributed by atoms with van der Waals surface area (Å²) in [6.45, 7) is 1.89. The number of fused-ring (bicyclic) bond motifs is 1. The second-order valence-corrected chi connectivity index (χ2v) is 3.69. The molecule has 2 heterocycles. The summed E-state index contributed by atoms with van der Waals surface area (Å²) in [6.07, 6.45) is 1.77. The highest BCUT2D eigenvalue weighted by molar-refractivity contribution is 9.10. The third kappa shape index (κ3) is 1.21. The quantitative estimate of drug-likeness (QED) is 0.848. The van der Waals surface area contributed by atoms with Gasteiger partial charge >= 0.3 is 5.97 Å². The molecule has 0 saturated heterocycles. The van der Waals surface area contributed by atoms with Crippen molar-refractivity contribution in [1.29, 1.82) is 0 Å². The van der Waals surface area contributed by atoms with E-state index in [0.29, 0.717) is 10.3 Å². The number of aryl methyl sites for hydroxylation is 1. The van der Waals surface area contributed by atoms with E-state index in [9.17, 15) is 4.79 Å². The fourth-order valence-electron chi connectivity index (χ4n) is 1.31. The minimum Gasteiger partial charge on any atom is -0.476 e. The highest BCUT2D eigenvalue weighted by atomic mass is 79.9. The average Bonchev–Trinajstić information content (AvgIpc) is 2.46. The van der Waals surface area contributed by atoms with Gasteiger partial charge in [-0.05, 0) is 34.5 Å². The third-order valence-electron chi connectivity index (χ3n) is 1.99. The molecule has 0 aliphatic rings. The van der Waals surface area contributed by atoms with Crippen molar-refractivity contribution in [3.63, 3.8) is 0 Å². The number of rotatable bonds is 1. The fraction of sp³-hybridized carbons (Fsp3) is 0.111. The predicted octanol–water partition coefficient (Wildman–Crippen LogP) is 2.10. The first-order chi connectivity index (χ1) is 6.61. The summed E-state index contributed by atoms with van der Waals surface area (Å²) in [7, 11) is 0. The Bertz CT molecular complexity index is 519. The number of imidazole rings is 1. The van der Waals surface area contributed by atoms with E-state index in [0.717, 1.165) is 5.56 Å². The lowest BCUT2D eigenvalue weighted by Gasteiger charge is -1.96. The first-order valence-electron chi connectivity index (χ1n) is 3.97. The first-order valence-corrected chi connectivity index (χ1v) is 4.77. The van der Waals surface area contributed by atoms with Gasteiger partial charge in [-0.3, -0.25) is 4.40 Å². The second-order valence-electron chi connectivity index (χ2n) is 2.94. The SMILES string of the molecule is Cc1cccn2c(Br)c(C(=O)O)nc12. The second kappa shape index (κ2) is 3.09. The minimum atomic E-state index is -1.03. The molecule has 0 spiro atoms. The van der Waals surface area contributed by atoms with Crippen LogP contribution in [0.3, 0.4) is 0 Å². The molecule has 0 aliphatic carbocycles. The van der Waals surface area contributed by atoms with Gasteiger partial charge in [-0.1, -0.05) is 6.07 Å². The van der Waals surface area contributed by atoms with Crippen LogP contribution in [0.1, 0.15) is 16.1 Å². The molecule has 14 heavy (non-hydrogen) atoms. The summed E-state index contributed by atoms with van der Waals surface area (Å²) in [5.74, 6) is -1.03. The van der Waals surface area contributed by atoms with E-state index in [1.807, 2.05) is 19.1 Å². The zero-order chi connectivity index (χ0) is 10.3. The van der Waals surface area contributed by atoms with Gasteiger partial charge in [0.2, 0.25) is 0 Å². The van der Waals surface area contributed by atoms with Gasteiger partial charge in [-0.25, -0.2) is 9.78 Å². The molecule has 0 bridgehead atoms. The fourth-order valence-corrected chi connectivity index (χ4v) is 1.86. The molecule has 0 saturated carbocycles. The number of aromatic nitrogens is 2. The van der Waals surface area contributed by atoms with Crippen LogP contribution in [-0.4, -0.2) is 20.5 Å². The Hall–Kier alpha value is -1.36. The van der Waals surface area contributed by atoms with Crippen LogP contribution >= 0.6 is 15.9 Å². The molecule has 5 heteroatoms. The molecule has 0 radical (unpaired) electrons. The van der Waals surface area contributed by atoms with Gasteiger partial charge < -0.3 is 5.11 Å². The van der Waals surface area contributed by atoms with Crippen LogP contribution in [0.15, 0.2) is 22.9 Å². The van der Waals surface area contributed by atoms with Crippen LogP contribution < -0.4 is 0 Å². The van der Waals surface area contributed by atoms with Crippen molar-refractivity contribution in [2.45, 2.75) is 6.92 Å². The van der Waals surface area contributed by atoms with Gasteiger partial charge in [0.05, 0.1) is 0 Å². The summed E-state index contributed by atoms with van der Waals surface area (Å²) in [5, 5.41) is 8.85. The first kappa shape index (κ1) is 9.21. The number of aromatic carboxylic acids is 1. The van der Waals surface area contributed by atoms with E-state index in [4.69, 9.17) is 5.11 Å². The summed E-state index contributed by atoms with van der Waals surface area (Å²) < 4.78 is 2.18. The Kier molecular flexibility index (Phi) is 2.03. The van der Waals surface area contributed by atoms with Crippen LogP contribution in [0.4, 0.5) is 0 Å². The van der Waals surface area contributed by atoms with Gasteiger partial charge in [0, 0.05) is 6.20 Å². The van der Waals surface area contributed by atoms with Crippen LogP contribution in [0.2, 0.25) is 0 Å². The van der Waals surface area contributed by atoms with Gasteiger partial charge in [-0.2, -0.15) is 0 Å². The summed E-state index contributed by atoms with van der Waals surface area (Å²) in [4.78, 5) is 14.8. The average molecular weight is 255 g/mol. The van der Waals surface area contributed by atoms with Crippen molar-refractivity contribution in [3.8, 4) is 0 Å². The number of nitrogens with zero attached hydrogens (tertiary/aromatic N) is 2. The topological polar surface area (TPSA) is 54.6 Å². The molecule has 1 N–H and O–H groups in total. The van der Waals surface area contributed by atoms with Crippen molar-refractivity contribution < 1.29 is 9.90 Å². The lowest BCUT2D eigenvalue weighted by atomic mass is 10.3. The number of carboxylic acids is 1. The van der Waals surface area contributed by atoms with Crippen LogP contribution in [0.5, 0.6) is 0 Å². The van der Waals surface area contributed by atoms with E-state index in [2.05, 4.69) is 20.9 Å². The smallest absolute Gasteiger partial charge is 0.357 e. The lowest BCUT2D eigenvalue weighted by molar-refractivity contribution is 0.0690. The molecule has 0 aromatic carbocycles. The highest BCUT2D eigenvalue weighted by Gasteiger charge is 2.16. The minimum absolute atomic E-state index is 0.0410. The number of halogens is 1. The standard InChI is InChI=1S/C9H7BrN2O2/c1-5-3-2-4-12-7(10)6(9(13)14)11-8(5)12/h2-4H,1H3,(H,13,14). The normalized spacial score (nSPS) is 10.7. The van der Waals surface area contributed by atoms with Crippen molar-refractivity contribution in [3.05, 3.63) is 34.2 Å². The van der Waals surface area contributed by atoms with Crippen molar-refractivity contribution >= 4 is 27.5 Å². The summed E-state index contributed by atoms with van der Waals surface area (Å²) in [6, 6.07) is 3.74. The molecule has 0 unspecified atom stereocenters. The van der Waals surface area contributed by atoms with Crippen LogP contribution in [0.25, 0.3) is 5.65 Å². The molecule has 0 aliphatic heterocycles. The van der Waals surface area contributed by atoms with E-state index in [1.165, 1.54) is 0 Å². The van der Waals surface area contributed by atoms with Crippen molar-refractivity contribution in [2.24, 2.45) is 0 Å². The Balaban J connectivity index is 2.86. The molecular formula is C9H7BrN2O2. The van der Waals surface area contributed by atoms with Gasteiger partial charge in [0.15, 0.2) is 5.69 Å². The number of carboxylic acid groups (broad SMARTS) is 1. The summed E-state index contributed by atoms with van der Waals surface area (Å²) >= 11 is 3.21. The van der Waals surface area contributed by atoms with Crippen molar-refractivity contribution in [2.75, 3.05) is 0 Å². The van der Waals surface area contributed by atoms with Gasteiger partial charge in [0.1, 0.15) is 10.3 Å². The molecule has 0 fully saturated rings. The molecule has 0 atom stereocenters. The molecule has 2 aromatic heterocycles. The van der Waals surface area contributed by atoms with E-state index in [-0.39, 0.29) is 5.69 Å². The Morgan fingerprint density at radius 3 is 2.93 bits per heavy atom. The molecule has 0 amide bonds. The Labute approximate surface area is 88.3 Å². The lowest BCUT2D eigenvalue weighted by Crippen LogP contribution is -1.97. The monoisotopic (exact) mass is 254 g/mol. The van der Waals surface area contributed by atoms with Gasteiger partial charge in [0.25, 0.3) is 0 Å². The van der Waals surface area contributed by atoms with Crippen LogP contribution in [-0.2, 0) is 0 Å². The van der Waals surface area contributed by atoms with Gasteiger partial charge in [-0.15, -0.1) is 0 Å². The zero-order valence-corrected chi connectivity index (χ0v) is 8.95. The van der Waals surface area contributed by atoms with E-state index >= 15 is 0 Å². The Morgan fingerprint density at radius 1 is 1.64 bits per heavy atom. The molecule has 2 rings (SSSR count). The zero-order valence-electron chi connectivity index (χ0n) is 7.36. The van der Waals surface area contributed by atoms with Crippen LogP contribution in [0, 0.1) is 6.92 Å². The maximum absolute atomic E-state index is 10.8. The molecule has 2 aromatic rings. The number of pyridine rings is 1. The third-order valence-corrected chi connectivity index (χ3v) is 2.75. The molecule has 72 valence electrons. The van der Waals surface area contributed by atoms with E-state index in [1.54, 1.807) is 10.6 Å². The largest absolute Gasteiger partial charge is 0.476 e.